The van der Waals surface area contributed by atoms with Crippen LogP contribution in [0.1, 0.15) is 29.6 Å². The summed E-state index contributed by atoms with van der Waals surface area (Å²) in [7, 11) is 0. The average Bonchev–Trinajstić information content (AvgIpc) is 3.01. The van der Waals surface area contributed by atoms with E-state index < -0.39 is 60.2 Å². The van der Waals surface area contributed by atoms with Gasteiger partial charge in [-0.1, -0.05) is 6.07 Å². The number of nitriles is 1. The number of rotatable bonds is 5. The maximum atomic E-state index is 14.1. The van der Waals surface area contributed by atoms with Crippen LogP contribution < -0.4 is 0 Å². The zero-order valence-corrected chi connectivity index (χ0v) is 15.0. The summed E-state index contributed by atoms with van der Waals surface area (Å²) in [6.45, 7) is -0.876. The van der Waals surface area contributed by atoms with Crippen LogP contribution in [-0.2, 0) is 4.79 Å². The monoisotopic (exact) mass is 405 g/mol. The van der Waals surface area contributed by atoms with Crippen molar-refractivity contribution < 1.29 is 27.2 Å². The summed E-state index contributed by atoms with van der Waals surface area (Å²) in [5, 5.41) is 8.97. The van der Waals surface area contributed by atoms with Crippen molar-refractivity contribution >= 4 is 11.7 Å². The summed E-state index contributed by atoms with van der Waals surface area (Å²) < 4.78 is 55.2. The molecule has 0 unspecified atom stereocenters. The molecule has 5 nitrogen and oxygen atoms in total. The molecule has 2 heterocycles. The van der Waals surface area contributed by atoms with E-state index in [9.17, 15) is 27.2 Å². The number of hydrogen-bond donors (Lipinski definition) is 0. The minimum atomic E-state index is -3.15. The van der Waals surface area contributed by atoms with Crippen molar-refractivity contribution in [1.29, 1.82) is 5.26 Å². The Morgan fingerprint density at radius 3 is 2.55 bits per heavy atom. The first-order chi connectivity index (χ1) is 13.7. The lowest BCUT2D eigenvalue weighted by Gasteiger charge is -2.19. The molecule has 1 fully saturated rings. The van der Waals surface area contributed by atoms with E-state index in [1.807, 2.05) is 0 Å². The summed E-state index contributed by atoms with van der Waals surface area (Å²) in [5.74, 6) is -6.26. The molecular weight excluding hydrogens is 390 g/mol. The molecule has 1 aliphatic heterocycles. The van der Waals surface area contributed by atoms with Gasteiger partial charge in [0.1, 0.15) is 17.7 Å². The van der Waals surface area contributed by atoms with E-state index in [0.717, 1.165) is 23.2 Å². The maximum absolute atomic E-state index is 14.1. The Labute approximate surface area is 163 Å². The number of hydrogen-bond acceptors (Lipinski definition) is 4. The molecule has 0 radical (unpaired) electrons. The van der Waals surface area contributed by atoms with E-state index in [1.165, 1.54) is 18.3 Å². The summed E-state index contributed by atoms with van der Waals surface area (Å²) >= 11 is 0. The van der Waals surface area contributed by atoms with E-state index >= 15 is 0 Å². The van der Waals surface area contributed by atoms with Crippen molar-refractivity contribution in [3.05, 3.63) is 53.9 Å². The van der Waals surface area contributed by atoms with Gasteiger partial charge in [-0.3, -0.25) is 14.6 Å². The third-order valence-electron chi connectivity index (χ3n) is 4.66. The second-order valence-corrected chi connectivity index (χ2v) is 6.67. The SMILES string of the molecule is N#C[C@@H]1CC(F)(F)CN1C(=O)CCC(=O)c1ccncc1-c1c(F)cccc1F. The summed E-state index contributed by atoms with van der Waals surface area (Å²) in [4.78, 5) is 29.4. The minimum absolute atomic E-state index is 0.0413. The fourth-order valence-corrected chi connectivity index (χ4v) is 3.29. The van der Waals surface area contributed by atoms with E-state index in [2.05, 4.69) is 4.98 Å². The Morgan fingerprint density at radius 2 is 1.90 bits per heavy atom. The van der Waals surface area contributed by atoms with Crippen molar-refractivity contribution in [2.45, 2.75) is 31.2 Å². The number of Topliss-reactive ketones (excluding diaryl/α,β-unsaturated/α-hetero) is 1. The van der Waals surface area contributed by atoms with Crippen LogP contribution >= 0.6 is 0 Å². The predicted octanol–water partition coefficient (Wildman–Crippen LogP) is 3.75. The fraction of sp³-hybridized carbons (Fsp3) is 0.300. The van der Waals surface area contributed by atoms with Crippen LogP contribution in [0.5, 0.6) is 0 Å². The lowest BCUT2D eigenvalue weighted by atomic mass is 9.96. The largest absolute Gasteiger partial charge is 0.320 e. The number of halogens is 4. The van der Waals surface area contributed by atoms with E-state index in [0.29, 0.717) is 0 Å². The molecule has 1 saturated heterocycles. The van der Waals surface area contributed by atoms with Gasteiger partial charge in [0.05, 0.1) is 18.2 Å². The zero-order valence-electron chi connectivity index (χ0n) is 15.0. The quantitative estimate of drug-likeness (QED) is 0.561. The molecule has 3 rings (SSSR count). The van der Waals surface area contributed by atoms with Crippen molar-refractivity contribution in [3.63, 3.8) is 0 Å². The van der Waals surface area contributed by atoms with Gasteiger partial charge in [0.2, 0.25) is 5.91 Å². The molecule has 1 atom stereocenters. The highest BCUT2D eigenvalue weighted by Crippen LogP contribution is 2.33. The normalized spacial score (nSPS) is 17.8. The molecule has 2 aromatic rings. The first-order valence-corrected chi connectivity index (χ1v) is 8.72. The van der Waals surface area contributed by atoms with Gasteiger partial charge in [-0.15, -0.1) is 0 Å². The van der Waals surface area contributed by atoms with E-state index in [1.54, 1.807) is 6.07 Å². The number of pyridine rings is 1. The molecule has 29 heavy (non-hydrogen) atoms. The molecule has 1 aliphatic rings. The van der Waals surface area contributed by atoms with Crippen molar-refractivity contribution in [3.8, 4) is 17.2 Å². The lowest BCUT2D eigenvalue weighted by molar-refractivity contribution is -0.132. The first kappa shape index (κ1) is 20.5. The molecule has 1 aromatic carbocycles. The molecular formula is C20H15F4N3O2. The Bertz CT molecular complexity index is 983. The van der Waals surface area contributed by atoms with Crippen LogP contribution in [0.4, 0.5) is 17.6 Å². The molecule has 0 aliphatic carbocycles. The van der Waals surface area contributed by atoms with Crippen LogP contribution in [0.15, 0.2) is 36.7 Å². The second-order valence-electron chi connectivity index (χ2n) is 6.67. The Morgan fingerprint density at radius 1 is 1.21 bits per heavy atom. The van der Waals surface area contributed by atoms with Gasteiger partial charge in [0.25, 0.3) is 5.92 Å². The van der Waals surface area contributed by atoms with E-state index in [-0.39, 0.29) is 17.5 Å². The molecule has 1 amide bonds. The molecule has 150 valence electrons. The zero-order chi connectivity index (χ0) is 21.2. The first-order valence-electron chi connectivity index (χ1n) is 8.72. The number of carbonyl (C=O) groups excluding carboxylic acids is 2. The highest BCUT2D eigenvalue weighted by atomic mass is 19.3. The van der Waals surface area contributed by atoms with Crippen LogP contribution in [0, 0.1) is 23.0 Å². The molecule has 0 N–H and O–H groups in total. The predicted molar refractivity (Wildman–Crippen MR) is 93.8 cm³/mol. The minimum Gasteiger partial charge on any atom is -0.320 e. The van der Waals surface area contributed by atoms with Gasteiger partial charge in [-0.05, 0) is 18.2 Å². The third kappa shape index (κ3) is 4.26. The van der Waals surface area contributed by atoms with E-state index in [4.69, 9.17) is 5.26 Å². The standard InChI is InChI=1S/C20H15F4N3O2/c21-15-2-1-3-16(22)19(15)14-10-26-7-6-13(14)17(28)4-5-18(29)27-11-20(23,24)8-12(27)9-25/h1-3,6-7,10,12H,4-5,8,11H2/t12-/m0/s1. The highest BCUT2D eigenvalue weighted by Gasteiger charge is 2.47. The molecule has 0 saturated carbocycles. The van der Waals surface area contributed by atoms with Crippen LogP contribution in [-0.4, -0.2) is 40.1 Å². The number of benzene rings is 1. The van der Waals surface area contributed by atoms with Gasteiger partial charge in [-0.25, -0.2) is 17.6 Å². The number of amides is 1. The highest BCUT2D eigenvalue weighted by molar-refractivity contribution is 6.03. The number of aromatic nitrogens is 1. The van der Waals surface area contributed by atoms with Gasteiger partial charge in [0.15, 0.2) is 5.78 Å². The average molecular weight is 405 g/mol. The summed E-state index contributed by atoms with van der Waals surface area (Å²) in [6.07, 6.45) is 0.887. The Kier molecular flexibility index (Phi) is 5.64. The number of alkyl halides is 2. The maximum Gasteiger partial charge on any atom is 0.268 e. The van der Waals surface area contributed by atoms with Crippen LogP contribution in [0.2, 0.25) is 0 Å². The number of ketones is 1. The van der Waals surface area contributed by atoms with Crippen molar-refractivity contribution in [1.82, 2.24) is 9.88 Å². The fourth-order valence-electron chi connectivity index (χ4n) is 3.29. The van der Waals surface area contributed by atoms with Crippen molar-refractivity contribution in [2.24, 2.45) is 0 Å². The number of likely N-dealkylation sites (tertiary alicyclic amines) is 1. The smallest absolute Gasteiger partial charge is 0.268 e. The lowest BCUT2D eigenvalue weighted by Crippen LogP contribution is -2.36. The van der Waals surface area contributed by atoms with Crippen molar-refractivity contribution in [2.75, 3.05) is 6.54 Å². The van der Waals surface area contributed by atoms with Crippen LogP contribution in [0.3, 0.4) is 0 Å². The van der Waals surface area contributed by atoms with Gasteiger partial charge >= 0.3 is 0 Å². The molecule has 0 spiro atoms. The summed E-state index contributed by atoms with van der Waals surface area (Å²) in [6, 6.07) is 4.95. The topological polar surface area (TPSA) is 74.1 Å². The number of nitrogens with zero attached hydrogens (tertiary/aromatic N) is 3. The molecule has 0 bridgehead atoms. The van der Waals surface area contributed by atoms with Crippen LogP contribution in [0.25, 0.3) is 11.1 Å². The Balaban J connectivity index is 1.78. The summed E-state index contributed by atoms with van der Waals surface area (Å²) in [5.41, 5.74) is -0.525. The molecule has 9 heteroatoms. The second kappa shape index (κ2) is 7.99. The number of carbonyl (C=O) groups is 2. The van der Waals surface area contributed by atoms with Gasteiger partial charge < -0.3 is 4.90 Å². The van der Waals surface area contributed by atoms with Gasteiger partial charge in [0, 0.05) is 42.8 Å². The third-order valence-corrected chi connectivity index (χ3v) is 4.66. The molecule has 1 aromatic heterocycles. The van der Waals surface area contributed by atoms with Gasteiger partial charge in [-0.2, -0.15) is 5.26 Å². The Hall–Kier alpha value is -3.28.